The summed E-state index contributed by atoms with van der Waals surface area (Å²) >= 11 is 0. The Balaban J connectivity index is 1.88. The van der Waals surface area contributed by atoms with Crippen molar-refractivity contribution < 1.29 is 40.4 Å². The smallest absolute Gasteiger partial charge is 0.393 e. The predicted octanol–water partition coefficient (Wildman–Crippen LogP) is 3.57. The van der Waals surface area contributed by atoms with E-state index in [0.29, 0.717) is 17.7 Å². The summed E-state index contributed by atoms with van der Waals surface area (Å²) in [6, 6.07) is 7.45. The summed E-state index contributed by atoms with van der Waals surface area (Å²) in [4.78, 5) is 20.9. The van der Waals surface area contributed by atoms with E-state index in [1.807, 2.05) is 0 Å². The number of hydrogen-bond acceptors (Lipinski definition) is 8. The Morgan fingerprint density at radius 2 is 1.85 bits per heavy atom. The number of phenols is 1. The summed E-state index contributed by atoms with van der Waals surface area (Å²) in [6.07, 6.45) is -6.24. The highest BCUT2D eigenvalue weighted by Gasteiger charge is 2.31. The SMILES string of the molecule is CCN(c1ccccc1CNc1nc(-c2cc(F)c(O)cc2CC(F)(F)F)nc2n[nH]c(C(=O)NC)c12)S(=O)(=O)O. The first-order chi connectivity index (χ1) is 19.2. The minimum atomic E-state index is -4.72. The third-order valence-electron chi connectivity index (χ3n) is 5.94. The highest BCUT2D eigenvalue weighted by molar-refractivity contribution is 7.87. The number of aromatic hydroxyl groups is 1. The van der Waals surface area contributed by atoms with Crippen LogP contribution < -0.4 is 14.9 Å². The number of anilines is 2. The van der Waals surface area contributed by atoms with Crippen LogP contribution in [0.4, 0.5) is 29.1 Å². The van der Waals surface area contributed by atoms with Crippen LogP contribution >= 0.6 is 0 Å². The third-order valence-corrected chi connectivity index (χ3v) is 6.96. The second kappa shape index (κ2) is 11.2. The molecule has 0 aliphatic carbocycles. The average Bonchev–Trinajstić information content (AvgIpc) is 3.32. The second-order valence-electron chi connectivity index (χ2n) is 8.65. The molecule has 0 saturated carbocycles. The van der Waals surface area contributed by atoms with Crippen LogP contribution in [0.3, 0.4) is 0 Å². The number of alkyl halides is 3. The molecule has 0 saturated heterocycles. The first-order valence-electron chi connectivity index (χ1n) is 11.9. The van der Waals surface area contributed by atoms with Crippen molar-refractivity contribution in [2.45, 2.75) is 26.1 Å². The van der Waals surface area contributed by atoms with Gasteiger partial charge in [-0.15, -0.1) is 0 Å². The normalized spacial score (nSPS) is 12.0. The van der Waals surface area contributed by atoms with Gasteiger partial charge in [0.2, 0.25) is 0 Å². The number of fused-ring (bicyclic) bond motifs is 1. The molecule has 12 nitrogen and oxygen atoms in total. The van der Waals surface area contributed by atoms with Gasteiger partial charge in [0.1, 0.15) is 11.5 Å². The molecule has 41 heavy (non-hydrogen) atoms. The van der Waals surface area contributed by atoms with E-state index >= 15 is 0 Å². The van der Waals surface area contributed by atoms with Crippen LogP contribution in [0.2, 0.25) is 0 Å². The first kappa shape index (κ1) is 29.5. The topological polar surface area (TPSA) is 173 Å². The molecule has 2 aromatic carbocycles. The number of amides is 1. The molecule has 0 fully saturated rings. The molecule has 1 amide bonds. The lowest BCUT2D eigenvalue weighted by Gasteiger charge is -2.22. The zero-order valence-corrected chi connectivity index (χ0v) is 22.2. The minimum absolute atomic E-state index is 0.0457. The van der Waals surface area contributed by atoms with Gasteiger partial charge >= 0.3 is 16.5 Å². The molecule has 2 aromatic heterocycles. The number of para-hydroxylation sites is 1. The van der Waals surface area contributed by atoms with E-state index in [1.165, 1.54) is 20.0 Å². The lowest BCUT2D eigenvalue weighted by molar-refractivity contribution is -0.127. The molecule has 218 valence electrons. The molecule has 2 heterocycles. The molecule has 0 aliphatic heterocycles. The lowest BCUT2D eigenvalue weighted by atomic mass is 10.0. The molecule has 0 aliphatic rings. The summed E-state index contributed by atoms with van der Waals surface area (Å²) in [7, 11) is -3.27. The highest BCUT2D eigenvalue weighted by Crippen LogP contribution is 2.35. The van der Waals surface area contributed by atoms with E-state index in [0.717, 1.165) is 4.31 Å². The van der Waals surface area contributed by atoms with Crippen LogP contribution in [0, 0.1) is 5.82 Å². The monoisotopic (exact) mass is 597 g/mol. The molecule has 17 heteroatoms. The van der Waals surface area contributed by atoms with Crippen LogP contribution in [0.1, 0.15) is 28.5 Å². The van der Waals surface area contributed by atoms with Crippen molar-refractivity contribution in [1.29, 1.82) is 0 Å². The standard InChI is InChI=1S/C24H23F4N7O5S/c1-3-35(41(38,39)40)16-7-5-4-6-12(16)11-30-21-18-19(23(37)29-2)33-34-22(18)32-20(31-21)14-9-15(25)17(36)8-13(14)10-24(26,27)28/h4-9,36H,3,10-11H2,1-2H3,(H,29,37)(H,38,39,40)(H2,30,31,32,33,34). The summed E-state index contributed by atoms with van der Waals surface area (Å²) in [5.41, 5.74) is -0.646. The largest absolute Gasteiger partial charge is 0.505 e. The van der Waals surface area contributed by atoms with Crippen LogP contribution in [0.5, 0.6) is 5.75 Å². The van der Waals surface area contributed by atoms with E-state index < -0.39 is 51.8 Å². The zero-order valence-electron chi connectivity index (χ0n) is 21.4. The van der Waals surface area contributed by atoms with Gasteiger partial charge in [0.15, 0.2) is 23.0 Å². The quantitative estimate of drug-likeness (QED) is 0.143. The van der Waals surface area contributed by atoms with Gasteiger partial charge in [0.05, 0.1) is 17.5 Å². The number of H-pyrrole nitrogens is 1. The Morgan fingerprint density at radius 3 is 2.49 bits per heavy atom. The fourth-order valence-corrected chi connectivity index (χ4v) is 4.93. The fourth-order valence-electron chi connectivity index (χ4n) is 4.18. The number of carbonyl (C=O) groups excluding carboxylic acids is 1. The van der Waals surface area contributed by atoms with Crippen molar-refractivity contribution in [3.05, 3.63) is 59.0 Å². The number of aromatic amines is 1. The number of rotatable bonds is 9. The van der Waals surface area contributed by atoms with Crippen LogP contribution in [0.25, 0.3) is 22.4 Å². The lowest BCUT2D eigenvalue weighted by Crippen LogP contribution is -2.31. The maximum atomic E-state index is 14.3. The van der Waals surface area contributed by atoms with Gasteiger partial charge in [-0.25, -0.2) is 18.7 Å². The molecule has 0 bridgehead atoms. The molecular formula is C24H23F4N7O5S. The molecule has 0 spiro atoms. The first-order valence-corrected chi connectivity index (χ1v) is 13.3. The van der Waals surface area contributed by atoms with Gasteiger partial charge in [0, 0.05) is 25.7 Å². The Hall–Kier alpha value is -4.51. The van der Waals surface area contributed by atoms with E-state index in [4.69, 9.17) is 0 Å². The number of benzene rings is 2. The predicted molar refractivity (Wildman–Crippen MR) is 140 cm³/mol. The van der Waals surface area contributed by atoms with Crippen molar-refractivity contribution >= 4 is 38.7 Å². The van der Waals surface area contributed by atoms with E-state index in [-0.39, 0.29) is 46.9 Å². The van der Waals surface area contributed by atoms with Crippen molar-refractivity contribution in [1.82, 2.24) is 25.5 Å². The summed E-state index contributed by atoms with van der Waals surface area (Å²) in [5.74, 6) is -3.33. The summed E-state index contributed by atoms with van der Waals surface area (Å²) in [6.45, 7) is 1.26. The van der Waals surface area contributed by atoms with E-state index in [9.17, 15) is 40.4 Å². The second-order valence-corrected chi connectivity index (χ2v) is 9.99. The number of halogens is 4. The number of aromatic nitrogens is 4. The molecule has 5 N–H and O–H groups in total. The summed E-state index contributed by atoms with van der Waals surface area (Å²) in [5, 5.41) is 21.6. The van der Waals surface area contributed by atoms with Crippen LogP contribution in [-0.4, -0.2) is 63.9 Å². The number of nitrogens with one attached hydrogen (secondary N) is 3. The van der Waals surface area contributed by atoms with Gasteiger partial charge in [-0.2, -0.15) is 26.7 Å². The van der Waals surface area contributed by atoms with Crippen molar-refractivity contribution in [2.24, 2.45) is 0 Å². The zero-order chi connectivity index (χ0) is 30.1. The average molecular weight is 598 g/mol. The van der Waals surface area contributed by atoms with Gasteiger partial charge in [-0.3, -0.25) is 14.4 Å². The van der Waals surface area contributed by atoms with E-state index in [1.54, 1.807) is 18.2 Å². The maximum absolute atomic E-state index is 14.3. The van der Waals surface area contributed by atoms with Gasteiger partial charge in [-0.05, 0) is 36.2 Å². The highest BCUT2D eigenvalue weighted by atomic mass is 32.2. The van der Waals surface area contributed by atoms with Crippen molar-refractivity contribution in [3.63, 3.8) is 0 Å². The number of phenolic OH excluding ortho intramolecular Hbond substituents is 1. The van der Waals surface area contributed by atoms with Gasteiger partial charge in [-0.1, -0.05) is 18.2 Å². The number of carbonyl (C=O) groups is 1. The van der Waals surface area contributed by atoms with Gasteiger partial charge < -0.3 is 15.7 Å². The number of hydrogen-bond donors (Lipinski definition) is 5. The maximum Gasteiger partial charge on any atom is 0.393 e. The van der Waals surface area contributed by atoms with Gasteiger partial charge in [0.25, 0.3) is 5.91 Å². The molecule has 4 rings (SSSR count). The Morgan fingerprint density at radius 1 is 1.15 bits per heavy atom. The van der Waals surface area contributed by atoms with E-state index in [2.05, 4.69) is 30.8 Å². The Labute approximate surface area is 230 Å². The Bertz CT molecular complexity index is 1730. The van der Waals surface area contributed by atoms with Crippen LogP contribution in [-0.2, 0) is 23.3 Å². The van der Waals surface area contributed by atoms with Crippen molar-refractivity contribution in [3.8, 4) is 17.1 Å². The minimum Gasteiger partial charge on any atom is -0.505 e. The molecule has 0 unspecified atom stereocenters. The number of nitrogens with zero attached hydrogens (tertiary/aromatic N) is 4. The Kier molecular flexibility index (Phi) is 8.03. The van der Waals surface area contributed by atoms with Crippen molar-refractivity contribution in [2.75, 3.05) is 23.2 Å². The fraction of sp³-hybridized carbons (Fsp3) is 0.250. The third kappa shape index (κ3) is 6.30. The molecule has 4 aromatic rings. The molecular weight excluding hydrogens is 574 g/mol. The van der Waals surface area contributed by atoms with Crippen LogP contribution in [0.15, 0.2) is 36.4 Å². The molecule has 0 radical (unpaired) electrons. The summed E-state index contributed by atoms with van der Waals surface area (Å²) < 4.78 is 88.5. The molecule has 0 atom stereocenters.